The zero-order valence-corrected chi connectivity index (χ0v) is 25.4. The molecule has 1 aliphatic carbocycles. The van der Waals surface area contributed by atoms with Crippen molar-refractivity contribution < 1.29 is 27.5 Å². The molecule has 40 heavy (non-hydrogen) atoms. The summed E-state index contributed by atoms with van der Waals surface area (Å²) in [4.78, 5) is 25.2. The van der Waals surface area contributed by atoms with Gasteiger partial charge in [-0.05, 0) is 107 Å². The molecule has 0 radical (unpaired) electrons. The highest BCUT2D eigenvalue weighted by molar-refractivity contribution is 14.1. The van der Waals surface area contributed by atoms with Crippen molar-refractivity contribution >= 4 is 68.3 Å². The number of nitrogens with one attached hydrogen (secondary N) is 1. The Morgan fingerprint density at radius 1 is 1.15 bits per heavy atom. The third-order valence-corrected chi connectivity index (χ3v) is 8.75. The molecule has 1 amide bonds. The van der Waals surface area contributed by atoms with Crippen LogP contribution in [0.3, 0.4) is 0 Å². The predicted octanol–water partition coefficient (Wildman–Crippen LogP) is 6.18. The highest BCUT2D eigenvalue weighted by Gasteiger charge is 2.30. The average molecular weight is 692 g/mol. The zero-order valence-electron chi connectivity index (χ0n) is 21.7. The SMILES string of the molecule is CNC(=O)c1c(-c2ccc(Cl)cc2)oc2cc(CN(Cc3ccc(I)c(C(=O)OC)c3)S(=O)[O-])c(C3CC3)cc12. The lowest BCUT2D eigenvalue weighted by Crippen LogP contribution is -2.25. The summed E-state index contributed by atoms with van der Waals surface area (Å²) in [5.74, 6) is -0.0651. The van der Waals surface area contributed by atoms with Crippen molar-refractivity contribution in [2.75, 3.05) is 14.2 Å². The smallest absolute Gasteiger partial charge is 0.338 e. The maximum atomic E-state index is 13.0. The maximum absolute atomic E-state index is 13.0. The first kappa shape index (κ1) is 28.7. The molecule has 1 atom stereocenters. The number of carbonyl (C=O) groups excluding carboxylic acids is 2. The van der Waals surface area contributed by atoms with Crippen LogP contribution in [-0.4, -0.2) is 39.1 Å². The van der Waals surface area contributed by atoms with Crippen LogP contribution in [0.5, 0.6) is 0 Å². The summed E-state index contributed by atoms with van der Waals surface area (Å²) in [5, 5.41) is 3.95. The Morgan fingerprint density at radius 2 is 1.88 bits per heavy atom. The number of hydrogen-bond acceptors (Lipinski definition) is 6. The van der Waals surface area contributed by atoms with Gasteiger partial charge in [-0.3, -0.25) is 9.00 Å². The Hall–Kier alpha value is -2.77. The van der Waals surface area contributed by atoms with Gasteiger partial charge in [0.1, 0.15) is 11.3 Å². The molecule has 1 aliphatic rings. The predicted molar refractivity (Wildman–Crippen MR) is 161 cm³/mol. The van der Waals surface area contributed by atoms with Crippen molar-refractivity contribution in [2.45, 2.75) is 31.8 Å². The Bertz CT molecular complexity index is 1630. The molecule has 1 unspecified atom stereocenters. The number of nitrogens with zero attached hydrogens (tertiary/aromatic N) is 1. The Balaban J connectivity index is 1.56. The molecule has 0 aliphatic heterocycles. The minimum atomic E-state index is -2.55. The van der Waals surface area contributed by atoms with Gasteiger partial charge in [0.25, 0.3) is 5.91 Å². The summed E-state index contributed by atoms with van der Waals surface area (Å²) in [6.45, 7) is 0.167. The average Bonchev–Trinajstić information content (AvgIpc) is 3.73. The lowest BCUT2D eigenvalue weighted by Gasteiger charge is -2.26. The van der Waals surface area contributed by atoms with Crippen LogP contribution in [0, 0.1) is 3.57 Å². The van der Waals surface area contributed by atoms with Crippen LogP contribution in [0.2, 0.25) is 5.02 Å². The molecule has 8 nitrogen and oxygen atoms in total. The highest BCUT2D eigenvalue weighted by atomic mass is 127. The first-order chi connectivity index (χ1) is 19.2. The van der Waals surface area contributed by atoms with Gasteiger partial charge in [-0.25, -0.2) is 9.10 Å². The second-order valence-corrected chi connectivity index (χ2v) is 12.1. The fraction of sp³-hybridized carbons (Fsp3) is 0.241. The second kappa shape index (κ2) is 12.0. The van der Waals surface area contributed by atoms with Crippen LogP contribution in [0.15, 0.2) is 59.0 Å². The van der Waals surface area contributed by atoms with Crippen LogP contribution >= 0.6 is 34.2 Å². The van der Waals surface area contributed by atoms with E-state index < -0.39 is 17.2 Å². The van der Waals surface area contributed by atoms with Crippen molar-refractivity contribution in [3.63, 3.8) is 0 Å². The lowest BCUT2D eigenvalue weighted by molar-refractivity contribution is 0.0599. The fourth-order valence-electron chi connectivity index (χ4n) is 4.76. The topological polar surface area (TPSA) is 112 Å². The minimum Gasteiger partial charge on any atom is -0.760 e. The molecule has 5 rings (SSSR count). The van der Waals surface area contributed by atoms with Crippen molar-refractivity contribution in [1.82, 2.24) is 9.62 Å². The monoisotopic (exact) mass is 691 g/mol. The van der Waals surface area contributed by atoms with E-state index in [0.717, 1.165) is 24.0 Å². The number of halogens is 2. The minimum absolute atomic E-state index is 0.0663. The van der Waals surface area contributed by atoms with Gasteiger partial charge in [0.15, 0.2) is 0 Å². The molecule has 1 aromatic heterocycles. The van der Waals surface area contributed by atoms with E-state index in [4.69, 9.17) is 20.8 Å². The molecule has 1 saturated carbocycles. The van der Waals surface area contributed by atoms with E-state index in [2.05, 4.69) is 5.32 Å². The first-order valence-electron chi connectivity index (χ1n) is 12.5. The fourth-order valence-corrected chi connectivity index (χ4v) is 5.94. The maximum Gasteiger partial charge on any atom is 0.338 e. The van der Waals surface area contributed by atoms with Crippen LogP contribution in [-0.2, 0) is 29.1 Å². The van der Waals surface area contributed by atoms with E-state index in [1.54, 1.807) is 49.5 Å². The summed E-state index contributed by atoms with van der Waals surface area (Å²) in [6, 6.07) is 16.1. The van der Waals surface area contributed by atoms with Crippen LogP contribution < -0.4 is 5.32 Å². The van der Waals surface area contributed by atoms with Gasteiger partial charge in [-0.1, -0.05) is 17.7 Å². The third-order valence-electron chi connectivity index (χ3n) is 6.88. The number of benzene rings is 3. The normalized spacial score (nSPS) is 13.9. The summed E-state index contributed by atoms with van der Waals surface area (Å²) in [5.41, 5.74) is 4.45. The largest absolute Gasteiger partial charge is 0.760 e. The molecule has 1 heterocycles. The Morgan fingerprint density at radius 3 is 2.50 bits per heavy atom. The quantitative estimate of drug-likeness (QED) is 0.128. The molecule has 3 aromatic carbocycles. The van der Waals surface area contributed by atoms with Crippen molar-refractivity contribution in [3.8, 4) is 11.3 Å². The summed E-state index contributed by atoms with van der Waals surface area (Å²) in [6.07, 6.45) is 1.96. The number of amides is 1. The standard InChI is InChI=1S/C29H26ClIN2O6S/c1-32-28(34)26-23-13-21(17-4-5-17)19(12-25(23)39-27(26)18-6-8-20(30)9-7-18)15-33(40(36)37)14-16-3-10-24(31)22(11-16)29(35)38-2/h3,6-13,17H,4-5,14-15H2,1-2H3,(H,32,34)(H,36,37)/p-1. The Labute approximate surface area is 252 Å². The molecular weight excluding hydrogens is 667 g/mol. The van der Waals surface area contributed by atoms with Crippen LogP contribution in [0.1, 0.15) is 56.2 Å². The molecule has 11 heteroatoms. The van der Waals surface area contributed by atoms with Gasteiger partial charge in [0.2, 0.25) is 0 Å². The van der Waals surface area contributed by atoms with Gasteiger partial charge in [-0.2, -0.15) is 0 Å². The summed E-state index contributed by atoms with van der Waals surface area (Å²) in [7, 11) is 2.88. The number of ether oxygens (including phenoxy) is 1. The van der Waals surface area contributed by atoms with Crippen molar-refractivity contribution in [3.05, 3.63) is 91.0 Å². The van der Waals surface area contributed by atoms with E-state index in [0.29, 0.717) is 47.6 Å². The van der Waals surface area contributed by atoms with Gasteiger partial charge >= 0.3 is 5.97 Å². The second-order valence-electron chi connectivity index (χ2n) is 9.53. The summed E-state index contributed by atoms with van der Waals surface area (Å²) >= 11 is 5.57. The van der Waals surface area contributed by atoms with Crippen LogP contribution in [0.4, 0.5) is 0 Å². The van der Waals surface area contributed by atoms with Gasteiger partial charge in [-0.15, -0.1) is 0 Å². The van der Waals surface area contributed by atoms with Crippen molar-refractivity contribution in [1.29, 1.82) is 0 Å². The lowest BCUT2D eigenvalue weighted by atomic mass is 9.97. The van der Waals surface area contributed by atoms with E-state index >= 15 is 0 Å². The zero-order chi connectivity index (χ0) is 28.6. The molecule has 1 N–H and O–H groups in total. The molecular formula is C29H25ClIN2O6S-. The number of hydrogen-bond donors (Lipinski definition) is 1. The molecule has 0 bridgehead atoms. The highest BCUT2D eigenvalue weighted by Crippen LogP contribution is 2.45. The third kappa shape index (κ3) is 5.96. The van der Waals surface area contributed by atoms with E-state index in [-0.39, 0.29) is 24.9 Å². The number of methoxy groups -OCH3 is 1. The number of rotatable bonds is 9. The molecule has 1 fully saturated rings. The van der Waals surface area contributed by atoms with E-state index in [1.165, 1.54) is 11.4 Å². The van der Waals surface area contributed by atoms with E-state index in [9.17, 15) is 18.4 Å². The van der Waals surface area contributed by atoms with Crippen LogP contribution in [0.25, 0.3) is 22.3 Å². The first-order valence-corrected chi connectivity index (χ1v) is 15.0. The molecule has 0 saturated heterocycles. The molecule has 4 aromatic rings. The Kier molecular flexibility index (Phi) is 8.62. The number of carbonyl (C=O) groups is 2. The van der Waals surface area contributed by atoms with E-state index in [1.807, 2.05) is 34.7 Å². The van der Waals surface area contributed by atoms with Gasteiger partial charge in [0.05, 0.1) is 18.2 Å². The molecule has 208 valence electrons. The van der Waals surface area contributed by atoms with Gasteiger partial charge in [0, 0.05) is 50.9 Å². The number of fused-ring (bicyclic) bond motifs is 1. The molecule has 0 spiro atoms. The summed E-state index contributed by atoms with van der Waals surface area (Å²) < 4.78 is 37.8. The van der Waals surface area contributed by atoms with Gasteiger partial charge < -0.3 is 19.0 Å². The number of esters is 1. The number of furan rings is 1. The van der Waals surface area contributed by atoms with Crippen molar-refractivity contribution in [2.24, 2.45) is 0 Å².